The molecular weight excluding hydrogens is 366 g/mol. The summed E-state index contributed by atoms with van der Waals surface area (Å²) in [6.45, 7) is 4.74. The Bertz CT molecular complexity index is 988. The number of nitrogens with zero attached hydrogens (tertiary/aromatic N) is 7. The van der Waals surface area contributed by atoms with Crippen LogP contribution in [0.1, 0.15) is 16.2 Å². The van der Waals surface area contributed by atoms with Gasteiger partial charge in [-0.3, -0.25) is 9.36 Å². The number of aromatic nitrogens is 4. The molecule has 1 fully saturated rings. The largest absolute Gasteiger partial charge is 0.378 e. The Labute approximate surface area is 170 Å². The molecule has 0 atom stereocenters. The first-order chi connectivity index (χ1) is 14.0. The number of hydrogen-bond acceptors (Lipinski definition) is 6. The van der Waals surface area contributed by atoms with Crippen LogP contribution in [0.2, 0.25) is 0 Å². The normalized spacial score (nSPS) is 14.2. The van der Waals surface area contributed by atoms with Gasteiger partial charge in [-0.05, 0) is 31.2 Å². The van der Waals surface area contributed by atoms with Crippen molar-refractivity contribution < 1.29 is 4.79 Å². The molecule has 150 valence electrons. The zero-order chi connectivity index (χ0) is 20.4. The lowest BCUT2D eigenvalue weighted by Crippen LogP contribution is -2.49. The Kier molecular flexibility index (Phi) is 5.16. The standard InChI is InChI=1S/C21H25N7O/c1-16-22-8-9-28(16)20-14-19(23-15-24-20)26-10-12-27(13-11-26)21(29)17-4-6-18(7-5-17)25(2)3/h4-9,14-15H,10-13H2,1-3H3. The molecule has 0 bridgehead atoms. The van der Waals surface area contributed by atoms with Crippen molar-refractivity contribution in [1.29, 1.82) is 0 Å². The molecule has 0 spiro atoms. The summed E-state index contributed by atoms with van der Waals surface area (Å²) >= 11 is 0. The van der Waals surface area contributed by atoms with E-state index in [1.54, 1.807) is 12.5 Å². The highest BCUT2D eigenvalue weighted by Gasteiger charge is 2.23. The van der Waals surface area contributed by atoms with Crippen molar-refractivity contribution in [3.8, 4) is 5.82 Å². The van der Waals surface area contributed by atoms with E-state index in [4.69, 9.17) is 0 Å². The van der Waals surface area contributed by atoms with Gasteiger partial charge < -0.3 is 14.7 Å². The highest BCUT2D eigenvalue weighted by molar-refractivity contribution is 5.94. The van der Waals surface area contributed by atoms with Crippen molar-refractivity contribution in [3.63, 3.8) is 0 Å². The smallest absolute Gasteiger partial charge is 0.253 e. The van der Waals surface area contributed by atoms with Crippen LogP contribution in [0, 0.1) is 6.92 Å². The second kappa shape index (κ2) is 7.90. The molecule has 0 saturated carbocycles. The predicted molar refractivity (Wildman–Crippen MR) is 113 cm³/mol. The Balaban J connectivity index is 1.42. The molecule has 8 nitrogen and oxygen atoms in total. The van der Waals surface area contributed by atoms with Gasteiger partial charge in [-0.1, -0.05) is 0 Å². The van der Waals surface area contributed by atoms with Crippen LogP contribution >= 0.6 is 0 Å². The molecule has 4 rings (SSSR count). The average Bonchev–Trinajstić information content (AvgIpc) is 3.19. The van der Waals surface area contributed by atoms with Crippen LogP contribution in [0.4, 0.5) is 11.5 Å². The van der Waals surface area contributed by atoms with Gasteiger partial charge in [-0.2, -0.15) is 0 Å². The van der Waals surface area contributed by atoms with E-state index >= 15 is 0 Å². The monoisotopic (exact) mass is 391 g/mol. The minimum Gasteiger partial charge on any atom is -0.378 e. The lowest BCUT2D eigenvalue weighted by molar-refractivity contribution is 0.0746. The van der Waals surface area contributed by atoms with Crippen molar-refractivity contribution >= 4 is 17.4 Å². The Morgan fingerprint density at radius 3 is 2.28 bits per heavy atom. The van der Waals surface area contributed by atoms with Gasteiger partial charge in [0.1, 0.15) is 23.8 Å². The fourth-order valence-electron chi connectivity index (χ4n) is 3.49. The lowest BCUT2D eigenvalue weighted by atomic mass is 10.1. The number of rotatable bonds is 4. The molecular formula is C21H25N7O. The molecule has 2 aromatic heterocycles. The second-order valence-corrected chi connectivity index (χ2v) is 7.30. The first-order valence-corrected chi connectivity index (χ1v) is 9.67. The zero-order valence-electron chi connectivity index (χ0n) is 17.0. The van der Waals surface area contributed by atoms with Gasteiger partial charge in [0.2, 0.25) is 0 Å². The summed E-state index contributed by atoms with van der Waals surface area (Å²) in [7, 11) is 3.98. The number of hydrogen-bond donors (Lipinski definition) is 0. The van der Waals surface area contributed by atoms with Crippen LogP contribution in [-0.4, -0.2) is 70.6 Å². The van der Waals surface area contributed by atoms with E-state index in [0.29, 0.717) is 13.1 Å². The number of imidazole rings is 1. The van der Waals surface area contributed by atoms with E-state index < -0.39 is 0 Å². The maximum absolute atomic E-state index is 12.8. The number of carbonyl (C=O) groups is 1. The number of benzene rings is 1. The summed E-state index contributed by atoms with van der Waals surface area (Å²) in [6.07, 6.45) is 5.22. The molecule has 0 unspecified atom stereocenters. The van der Waals surface area contributed by atoms with E-state index in [1.807, 2.05) is 71.9 Å². The molecule has 29 heavy (non-hydrogen) atoms. The van der Waals surface area contributed by atoms with Gasteiger partial charge in [-0.15, -0.1) is 0 Å². The first-order valence-electron chi connectivity index (χ1n) is 9.67. The summed E-state index contributed by atoms with van der Waals surface area (Å²) in [5.41, 5.74) is 1.81. The number of carbonyl (C=O) groups excluding carboxylic acids is 1. The van der Waals surface area contributed by atoms with Crippen LogP contribution in [-0.2, 0) is 0 Å². The van der Waals surface area contributed by atoms with Crippen molar-refractivity contribution in [2.45, 2.75) is 6.92 Å². The maximum atomic E-state index is 12.8. The molecule has 1 saturated heterocycles. The number of piperazine rings is 1. The highest BCUT2D eigenvalue weighted by atomic mass is 16.2. The Hall–Kier alpha value is -3.42. The van der Waals surface area contributed by atoms with E-state index in [1.165, 1.54) is 0 Å². The number of aryl methyl sites for hydroxylation is 1. The van der Waals surface area contributed by atoms with Crippen LogP contribution in [0.5, 0.6) is 0 Å². The molecule has 1 aliphatic heterocycles. The Morgan fingerprint density at radius 1 is 0.966 bits per heavy atom. The van der Waals surface area contributed by atoms with Gasteiger partial charge in [0.25, 0.3) is 5.91 Å². The van der Waals surface area contributed by atoms with Crippen LogP contribution in [0.3, 0.4) is 0 Å². The molecule has 8 heteroatoms. The topological polar surface area (TPSA) is 70.4 Å². The molecule has 0 aliphatic carbocycles. The van der Waals surface area contributed by atoms with Crippen molar-refractivity contribution in [2.75, 3.05) is 50.1 Å². The van der Waals surface area contributed by atoms with Crippen LogP contribution in [0.25, 0.3) is 5.82 Å². The minimum absolute atomic E-state index is 0.0763. The van der Waals surface area contributed by atoms with Gasteiger partial charge >= 0.3 is 0 Å². The third kappa shape index (κ3) is 3.91. The maximum Gasteiger partial charge on any atom is 0.253 e. The quantitative estimate of drug-likeness (QED) is 0.678. The van der Waals surface area contributed by atoms with Crippen molar-refractivity contribution in [3.05, 3.63) is 60.4 Å². The zero-order valence-corrected chi connectivity index (χ0v) is 17.0. The molecule has 1 aliphatic rings. The third-order valence-electron chi connectivity index (χ3n) is 5.23. The van der Waals surface area contributed by atoms with Crippen LogP contribution < -0.4 is 9.80 Å². The summed E-state index contributed by atoms with van der Waals surface area (Å²) in [4.78, 5) is 32.0. The summed E-state index contributed by atoms with van der Waals surface area (Å²) in [5, 5.41) is 0. The summed E-state index contributed by atoms with van der Waals surface area (Å²) in [5.74, 6) is 2.62. The minimum atomic E-state index is 0.0763. The second-order valence-electron chi connectivity index (χ2n) is 7.30. The van der Waals surface area contributed by atoms with E-state index in [-0.39, 0.29) is 5.91 Å². The molecule has 3 aromatic rings. The summed E-state index contributed by atoms with van der Waals surface area (Å²) in [6, 6.07) is 9.71. The average molecular weight is 391 g/mol. The first kappa shape index (κ1) is 18.9. The van der Waals surface area contributed by atoms with E-state index in [9.17, 15) is 4.79 Å². The van der Waals surface area contributed by atoms with Gasteiger partial charge in [0.05, 0.1) is 0 Å². The van der Waals surface area contributed by atoms with Gasteiger partial charge in [-0.25, -0.2) is 15.0 Å². The van der Waals surface area contributed by atoms with Gasteiger partial charge in [0.15, 0.2) is 0 Å². The fraction of sp³-hybridized carbons (Fsp3) is 0.333. The fourth-order valence-corrected chi connectivity index (χ4v) is 3.49. The lowest BCUT2D eigenvalue weighted by Gasteiger charge is -2.35. The summed E-state index contributed by atoms with van der Waals surface area (Å²) < 4.78 is 1.93. The number of amides is 1. The van der Waals surface area contributed by atoms with Crippen molar-refractivity contribution in [2.24, 2.45) is 0 Å². The molecule has 0 N–H and O–H groups in total. The van der Waals surface area contributed by atoms with Crippen molar-refractivity contribution in [1.82, 2.24) is 24.4 Å². The third-order valence-corrected chi connectivity index (χ3v) is 5.23. The van der Waals surface area contributed by atoms with E-state index in [0.717, 1.165) is 41.8 Å². The number of anilines is 2. The molecule has 1 aromatic carbocycles. The van der Waals surface area contributed by atoms with Crippen LogP contribution in [0.15, 0.2) is 49.1 Å². The molecule has 0 radical (unpaired) electrons. The molecule has 1 amide bonds. The SMILES string of the molecule is Cc1nccn1-c1cc(N2CCN(C(=O)c3ccc(N(C)C)cc3)CC2)ncn1. The van der Waals surface area contributed by atoms with Gasteiger partial charge in [0, 0.05) is 70.0 Å². The van der Waals surface area contributed by atoms with E-state index in [2.05, 4.69) is 19.9 Å². The highest BCUT2D eigenvalue weighted by Crippen LogP contribution is 2.19. The molecule has 3 heterocycles. The Morgan fingerprint density at radius 2 is 1.66 bits per heavy atom. The predicted octanol–water partition coefficient (Wildman–Crippen LogP) is 2.00.